The van der Waals surface area contributed by atoms with Crippen molar-refractivity contribution in [2.75, 3.05) is 0 Å². The van der Waals surface area contributed by atoms with Gasteiger partial charge in [-0.3, -0.25) is 4.79 Å². The van der Waals surface area contributed by atoms with E-state index in [1.807, 2.05) is 36.4 Å². The van der Waals surface area contributed by atoms with Gasteiger partial charge >= 0.3 is 0 Å². The van der Waals surface area contributed by atoms with Crippen LogP contribution in [-0.4, -0.2) is 11.2 Å². The van der Waals surface area contributed by atoms with Crippen molar-refractivity contribution in [1.29, 1.82) is 0 Å². The first-order valence-corrected chi connectivity index (χ1v) is 7.95. The molecule has 1 aliphatic heterocycles. The summed E-state index contributed by atoms with van der Waals surface area (Å²) in [5, 5.41) is 3.01. The molecule has 21 heavy (non-hydrogen) atoms. The highest BCUT2D eigenvalue weighted by Crippen LogP contribution is 2.36. The second-order valence-corrected chi connectivity index (χ2v) is 6.35. The summed E-state index contributed by atoms with van der Waals surface area (Å²) >= 11 is 1.65. The van der Waals surface area contributed by atoms with Crippen molar-refractivity contribution in [3.63, 3.8) is 0 Å². The van der Waals surface area contributed by atoms with Crippen LogP contribution in [-0.2, 0) is 24.3 Å². The number of carbonyl (C=O) groups excluding carboxylic acids is 1. The third-order valence-corrected chi connectivity index (χ3v) is 5.05. The number of rotatable bonds is 4. The van der Waals surface area contributed by atoms with Crippen LogP contribution in [0, 0.1) is 0 Å². The lowest BCUT2D eigenvalue weighted by Gasteiger charge is -2.12. The maximum atomic E-state index is 12.3. The zero-order valence-electron chi connectivity index (χ0n) is 11.7. The van der Waals surface area contributed by atoms with Crippen LogP contribution in [0.1, 0.15) is 16.7 Å². The Balaban J connectivity index is 1.61. The first kappa shape index (κ1) is 14.2. The van der Waals surface area contributed by atoms with E-state index in [2.05, 4.69) is 17.4 Å². The van der Waals surface area contributed by atoms with Gasteiger partial charge < -0.3 is 11.1 Å². The van der Waals surface area contributed by atoms with Crippen molar-refractivity contribution in [3.8, 4) is 0 Å². The molecule has 0 fully saturated rings. The predicted molar refractivity (Wildman–Crippen MR) is 86.0 cm³/mol. The Hall–Kier alpha value is -1.78. The van der Waals surface area contributed by atoms with Gasteiger partial charge in [0.05, 0.1) is 5.25 Å². The fraction of sp³-hybridized carbons (Fsp3) is 0.235. The Kier molecular flexibility index (Phi) is 4.27. The number of carbonyl (C=O) groups is 1. The van der Waals surface area contributed by atoms with Gasteiger partial charge in [-0.2, -0.15) is 0 Å². The number of nitrogens with two attached hydrogens (primary N) is 1. The average Bonchev–Trinajstić information content (AvgIpc) is 2.97. The maximum Gasteiger partial charge on any atom is 0.234 e. The Labute approximate surface area is 128 Å². The minimum atomic E-state index is -0.0209. The van der Waals surface area contributed by atoms with Gasteiger partial charge in [0.1, 0.15) is 0 Å². The highest BCUT2D eigenvalue weighted by molar-refractivity contribution is 8.01. The smallest absolute Gasteiger partial charge is 0.234 e. The first-order chi connectivity index (χ1) is 10.3. The Morgan fingerprint density at radius 1 is 1.14 bits per heavy atom. The van der Waals surface area contributed by atoms with E-state index in [9.17, 15) is 4.79 Å². The van der Waals surface area contributed by atoms with Crippen LogP contribution in [0.15, 0.2) is 53.4 Å². The lowest BCUT2D eigenvalue weighted by Crippen LogP contribution is -2.32. The molecule has 3 rings (SSSR count). The van der Waals surface area contributed by atoms with Gasteiger partial charge in [-0.25, -0.2) is 0 Å². The van der Waals surface area contributed by atoms with Crippen molar-refractivity contribution >= 4 is 17.7 Å². The Morgan fingerprint density at radius 2 is 1.86 bits per heavy atom. The molecule has 0 saturated heterocycles. The third-order valence-electron chi connectivity index (χ3n) is 3.73. The van der Waals surface area contributed by atoms with Crippen LogP contribution in [0.4, 0.5) is 0 Å². The van der Waals surface area contributed by atoms with Gasteiger partial charge in [0.25, 0.3) is 0 Å². The molecule has 0 aromatic heterocycles. The van der Waals surface area contributed by atoms with E-state index >= 15 is 0 Å². The van der Waals surface area contributed by atoms with E-state index in [0.717, 1.165) is 17.5 Å². The summed E-state index contributed by atoms with van der Waals surface area (Å²) < 4.78 is 0. The molecular formula is C17H18N2OS. The summed E-state index contributed by atoms with van der Waals surface area (Å²) in [6, 6.07) is 16.2. The molecular weight excluding hydrogens is 280 g/mol. The maximum absolute atomic E-state index is 12.3. The summed E-state index contributed by atoms with van der Waals surface area (Å²) in [7, 11) is 0. The van der Waals surface area contributed by atoms with Crippen LogP contribution in [0.3, 0.4) is 0 Å². The average molecular weight is 298 g/mol. The molecule has 3 nitrogen and oxygen atoms in total. The molecule has 4 heteroatoms. The second kappa shape index (κ2) is 6.33. The second-order valence-electron chi connectivity index (χ2n) is 5.11. The number of nitrogens with one attached hydrogen (secondary N) is 1. The Morgan fingerprint density at radius 3 is 2.62 bits per heavy atom. The third kappa shape index (κ3) is 3.12. The molecule has 2 aromatic rings. The summed E-state index contributed by atoms with van der Waals surface area (Å²) in [6.07, 6.45) is 0.811. The van der Waals surface area contributed by atoms with Gasteiger partial charge in [0.15, 0.2) is 0 Å². The number of amides is 1. The molecule has 0 spiro atoms. The summed E-state index contributed by atoms with van der Waals surface area (Å²) in [4.78, 5) is 13.5. The van der Waals surface area contributed by atoms with E-state index in [4.69, 9.17) is 5.73 Å². The van der Waals surface area contributed by atoms with Crippen LogP contribution in [0.2, 0.25) is 0 Å². The highest BCUT2D eigenvalue weighted by atomic mass is 32.2. The summed E-state index contributed by atoms with van der Waals surface area (Å²) in [6.45, 7) is 1.04. The fourth-order valence-electron chi connectivity index (χ4n) is 2.55. The number of hydrogen-bond donors (Lipinski definition) is 2. The van der Waals surface area contributed by atoms with E-state index in [-0.39, 0.29) is 11.2 Å². The highest BCUT2D eigenvalue weighted by Gasteiger charge is 2.27. The van der Waals surface area contributed by atoms with Crippen molar-refractivity contribution in [3.05, 3.63) is 65.2 Å². The molecule has 2 aromatic carbocycles. The zero-order valence-corrected chi connectivity index (χ0v) is 12.5. The fourth-order valence-corrected chi connectivity index (χ4v) is 3.77. The number of fused-ring (bicyclic) bond motifs is 1. The van der Waals surface area contributed by atoms with Crippen LogP contribution >= 0.6 is 11.8 Å². The monoisotopic (exact) mass is 298 g/mol. The predicted octanol–water partition coefficient (Wildman–Crippen LogP) is 2.48. The zero-order chi connectivity index (χ0) is 14.7. The number of thioether (sulfide) groups is 1. The molecule has 0 bridgehead atoms. The van der Waals surface area contributed by atoms with Crippen LogP contribution in [0.5, 0.6) is 0 Å². The van der Waals surface area contributed by atoms with Gasteiger partial charge in [-0.05, 0) is 29.2 Å². The van der Waals surface area contributed by atoms with Crippen molar-refractivity contribution in [2.45, 2.75) is 29.7 Å². The first-order valence-electron chi connectivity index (χ1n) is 7.07. The van der Waals surface area contributed by atoms with Gasteiger partial charge in [-0.1, -0.05) is 42.5 Å². The number of benzene rings is 2. The molecule has 1 aliphatic rings. The van der Waals surface area contributed by atoms with Crippen LogP contribution < -0.4 is 11.1 Å². The van der Waals surface area contributed by atoms with Crippen molar-refractivity contribution in [2.24, 2.45) is 5.73 Å². The van der Waals surface area contributed by atoms with E-state index in [1.54, 1.807) is 11.8 Å². The molecule has 0 radical (unpaired) electrons. The summed E-state index contributed by atoms with van der Waals surface area (Å²) in [5.74, 6) is 0.100. The molecule has 1 heterocycles. The lowest BCUT2D eigenvalue weighted by molar-refractivity contribution is -0.120. The molecule has 1 amide bonds. The molecule has 108 valence electrons. The van der Waals surface area contributed by atoms with Gasteiger partial charge in [0, 0.05) is 18.0 Å². The minimum absolute atomic E-state index is 0.0209. The van der Waals surface area contributed by atoms with Crippen molar-refractivity contribution in [1.82, 2.24) is 5.32 Å². The Bertz CT molecular complexity index is 632. The molecule has 0 aliphatic carbocycles. The number of hydrogen-bond acceptors (Lipinski definition) is 3. The molecule has 1 unspecified atom stereocenters. The van der Waals surface area contributed by atoms with Crippen LogP contribution in [0.25, 0.3) is 0 Å². The van der Waals surface area contributed by atoms with Gasteiger partial charge in [-0.15, -0.1) is 11.8 Å². The topological polar surface area (TPSA) is 55.1 Å². The van der Waals surface area contributed by atoms with E-state index in [1.165, 1.54) is 10.5 Å². The summed E-state index contributed by atoms with van der Waals surface area (Å²) in [5.41, 5.74) is 9.16. The standard InChI is InChI=1S/C17H18N2OS/c18-10-13-6-1-2-7-14(13)11-19-17(20)16-9-12-5-3-4-8-15(12)21-16/h1-8,16H,9-11,18H2,(H,19,20). The van der Waals surface area contributed by atoms with Crippen molar-refractivity contribution < 1.29 is 4.79 Å². The quantitative estimate of drug-likeness (QED) is 0.912. The normalized spacial score (nSPS) is 16.5. The molecule has 0 saturated carbocycles. The van der Waals surface area contributed by atoms with E-state index < -0.39 is 0 Å². The SMILES string of the molecule is NCc1ccccc1CNC(=O)C1Cc2ccccc2S1. The lowest BCUT2D eigenvalue weighted by atomic mass is 10.1. The minimum Gasteiger partial charge on any atom is -0.351 e. The van der Waals surface area contributed by atoms with Gasteiger partial charge in [0.2, 0.25) is 5.91 Å². The van der Waals surface area contributed by atoms with E-state index in [0.29, 0.717) is 13.1 Å². The largest absolute Gasteiger partial charge is 0.351 e. The molecule has 1 atom stereocenters. The molecule has 3 N–H and O–H groups in total.